The molecule has 0 rings (SSSR count). The van der Waals surface area contributed by atoms with Gasteiger partial charge in [-0.1, -0.05) is 11.9 Å². The monoisotopic (exact) mass is 359 g/mol. The van der Waals surface area contributed by atoms with Crippen LogP contribution in [0.2, 0.25) is 38.3 Å². The van der Waals surface area contributed by atoms with Gasteiger partial charge in [0.15, 0.2) is 16.6 Å². The molecule has 0 fully saturated rings. The normalized spacial score (nSPS) is 14.3. The highest BCUT2D eigenvalue weighted by molar-refractivity contribution is 8.01. The Bertz CT molecular complexity index is 236. The Kier molecular flexibility index (Phi) is 14.4. The lowest BCUT2D eigenvalue weighted by molar-refractivity contribution is 0.531. The maximum absolute atomic E-state index is 6.72. The maximum atomic E-state index is 6.72. The molecule has 0 amide bonds. The number of hydrogen-bond donors (Lipinski definition) is 4. The first-order chi connectivity index (χ1) is 9.60. The van der Waals surface area contributed by atoms with Crippen molar-refractivity contribution in [3.05, 3.63) is 0 Å². The molecular formula is C11H35N4OPSSi2. The molecule has 0 aromatic heterocycles. The standard InChI is InChI=1S/C10H28N2OSi2.CH7N2PS/c1-14(2,9-5-7-11)13-15(3,4)10-6-8-12;2-4-1-5-3/h5-12H2,1-4H3;4H,1-3H2/i;4D. The third-order valence-electron chi connectivity index (χ3n) is 2.67. The molecule has 0 aliphatic heterocycles. The Morgan fingerprint density at radius 3 is 1.65 bits per heavy atom. The van der Waals surface area contributed by atoms with Gasteiger partial charge in [0.1, 0.15) is 0 Å². The molecule has 0 aliphatic rings. The zero-order chi connectivity index (χ0) is 16.9. The van der Waals surface area contributed by atoms with E-state index in [1.165, 1.54) is 12.1 Å². The highest BCUT2D eigenvalue weighted by Gasteiger charge is 2.31. The minimum Gasteiger partial charge on any atom is -0.455 e. The summed E-state index contributed by atoms with van der Waals surface area (Å²) in [5.41, 5.74) is 16.7. The van der Waals surface area contributed by atoms with Crippen molar-refractivity contribution >= 4 is 37.3 Å². The number of hydrogen-bond acceptors (Lipinski definition) is 6. The fourth-order valence-electron chi connectivity index (χ4n) is 1.95. The van der Waals surface area contributed by atoms with Crippen molar-refractivity contribution in [3.63, 3.8) is 0 Å². The molecule has 9 heteroatoms. The fraction of sp³-hybridized carbons (Fsp3) is 1.00. The summed E-state index contributed by atoms with van der Waals surface area (Å²) in [7, 11) is -3.95. The Labute approximate surface area is 134 Å². The summed E-state index contributed by atoms with van der Waals surface area (Å²) < 4.78 is 13.1. The van der Waals surface area contributed by atoms with Gasteiger partial charge in [-0.25, -0.2) is 0 Å². The maximum Gasteiger partial charge on any atom is 0.173 e. The molecule has 8 N–H and O–H groups in total. The first-order valence-electron chi connectivity index (χ1n) is 7.48. The molecule has 1 unspecified atom stereocenters. The molecule has 0 radical (unpaired) electrons. The molecule has 20 heavy (non-hydrogen) atoms. The zero-order valence-corrected chi connectivity index (χ0v) is 17.2. The van der Waals surface area contributed by atoms with Crippen LogP contribution in [-0.2, 0) is 4.12 Å². The Morgan fingerprint density at radius 2 is 1.45 bits per heavy atom. The van der Waals surface area contributed by atoms with Crippen LogP contribution in [0.3, 0.4) is 0 Å². The van der Waals surface area contributed by atoms with E-state index < -0.39 is 25.3 Å². The lowest BCUT2D eigenvalue weighted by Gasteiger charge is -2.34. The molecule has 5 nitrogen and oxygen atoms in total. The van der Waals surface area contributed by atoms with Gasteiger partial charge < -0.3 is 21.1 Å². The fourth-order valence-corrected chi connectivity index (χ4v) is 11.2. The van der Waals surface area contributed by atoms with E-state index in [4.69, 9.17) is 27.5 Å². The van der Waals surface area contributed by atoms with E-state index in [2.05, 4.69) is 26.2 Å². The van der Waals surface area contributed by atoms with E-state index in [1.54, 1.807) is 0 Å². The average molecular weight is 360 g/mol. The quantitative estimate of drug-likeness (QED) is 0.270. The lowest BCUT2D eigenvalue weighted by atomic mass is 10.5. The SMILES string of the molecule is C[Si](C)(CCCN)O[Si](C)(C)CCCN.[2H]P(N)CSN. The summed E-state index contributed by atoms with van der Waals surface area (Å²) in [6, 6.07) is 2.37. The second-order valence-corrected chi connectivity index (χ2v) is 16.5. The van der Waals surface area contributed by atoms with E-state index in [-0.39, 0.29) is 0 Å². The van der Waals surface area contributed by atoms with Crippen LogP contribution >= 0.6 is 20.6 Å². The van der Waals surface area contributed by atoms with Gasteiger partial charge in [0.2, 0.25) is 0 Å². The smallest absolute Gasteiger partial charge is 0.173 e. The molecule has 0 saturated heterocycles. The third-order valence-corrected chi connectivity index (χ3v) is 11.4. The molecule has 0 bridgehead atoms. The molecule has 1 atom stereocenters. The first-order valence-corrected chi connectivity index (χ1v) is 15.5. The summed E-state index contributed by atoms with van der Waals surface area (Å²) in [5.74, 6) is 0. The molecule has 0 saturated carbocycles. The van der Waals surface area contributed by atoms with Crippen molar-refractivity contribution in [3.8, 4) is 0 Å². The second-order valence-electron chi connectivity index (χ2n) is 5.88. The second kappa shape index (κ2) is 13.7. The van der Waals surface area contributed by atoms with Crippen LogP contribution in [0.25, 0.3) is 0 Å². The van der Waals surface area contributed by atoms with E-state index in [0.29, 0.717) is 5.49 Å². The van der Waals surface area contributed by atoms with E-state index in [9.17, 15) is 0 Å². The van der Waals surface area contributed by atoms with Crippen molar-refractivity contribution in [2.75, 3.05) is 18.6 Å². The minimum atomic E-state index is -1.47. The number of nitrogens with two attached hydrogens (primary N) is 4. The van der Waals surface area contributed by atoms with Crippen LogP contribution in [0, 0.1) is 0 Å². The van der Waals surface area contributed by atoms with Crippen molar-refractivity contribution in [2.24, 2.45) is 22.1 Å². The van der Waals surface area contributed by atoms with E-state index in [1.807, 2.05) is 0 Å². The summed E-state index contributed by atoms with van der Waals surface area (Å²) in [5, 5.41) is 4.96. The van der Waals surface area contributed by atoms with Crippen LogP contribution in [0.5, 0.6) is 0 Å². The van der Waals surface area contributed by atoms with Crippen LogP contribution in [-0.4, -0.2) is 36.5 Å². The average Bonchev–Trinajstić information content (AvgIpc) is 2.33. The highest BCUT2D eigenvalue weighted by atomic mass is 32.2. The first kappa shape index (κ1) is 21.0. The summed E-state index contributed by atoms with van der Waals surface area (Å²) >= 11 is 1.13. The topological polar surface area (TPSA) is 113 Å². The van der Waals surface area contributed by atoms with Crippen LogP contribution in [0.4, 0.5) is 0 Å². The van der Waals surface area contributed by atoms with E-state index in [0.717, 1.165) is 37.9 Å². The molecular weight excluding hydrogens is 323 g/mol. The third kappa shape index (κ3) is 17.1. The van der Waals surface area contributed by atoms with Crippen molar-refractivity contribution < 1.29 is 4.12 Å². The Morgan fingerprint density at radius 1 is 1.05 bits per heavy atom. The van der Waals surface area contributed by atoms with Gasteiger partial charge in [-0.05, 0) is 72.9 Å². The van der Waals surface area contributed by atoms with Gasteiger partial charge in [0, 0.05) is 5.49 Å². The molecule has 0 aliphatic carbocycles. The van der Waals surface area contributed by atoms with Gasteiger partial charge in [0.25, 0.3) is 0 Å². The van der Waals surface area contributed by atoms with Gasteiger partial charge in [-0.3, -0.25) is 5.14 Å². The highest BCUT2D eigenvalue weighted by Crippen LogP contribution is 2.23. The molecule has 0 heterocycles. The van der Waals surface area contributed by atoms with Crippen molar-refractivity contribution in [1.29, 1.82) is 1.28 Å². The van der Waals surface area contributed by atoms with Crippen molar-refractivity contribution in [1.82, 2.24) is 0 Å². The molecule has 0 aromatic carbocycles. The van der Waals surface area contributed by atoms with Crippen LogP contribution < -0.4 is 22.1 Å². The summed E-state index contributed by atoms with van der Waals surface area (Å²) in [6.45, 7) is 10.8. The molecule has 0 spiro atoms. The molecule has 0 aromatic rings. The van der Waals surface area contributed by atoms with Crippen molar-refractivity contribution in [2.45, 2.75) is 51.1 Å². The summed E-state index contributed by atoms with van der Waals surface area (Å²) in [4.78, 5) is 0. The van der Waals surface area contributed by atoms with E-state index >= 15 is 0 Å². The predicted octanol–water partition coefficient (Wildman–Crippen LogP) is 2.21. The van der Waals surface area contributed by atoms with Gasteiger partial charge in [-0.2, -0.15) is 0 Å². The van der Waals surface area contributed by atoms with Gasteiger partial charge in [-0.15, -0.1) is 0 Å². The van der Waals surface area contributed by atoms with Crippen LogP contribution in [0.1, 0.15) is 12.8 Å². The Balaban J connectivity index is 0. The van der Waals surface area contributed by atoms with Gasteiger partial charge >= 0.3 is 0 Å². The zero-order valence-electron chi connectivity index (χ0n) is 14.5. The largest absolute Gasteiger partial charge is 0.455 e. The Hall–Kier alpha value is 1.01. The molecule has 124 valence electrons. The number of rotatable bonds is 10. The predicted molar refractivity (Wildman–Crippen MR) is 102 cm³/mol. The lowest BCUT2D eigenvalue weighted by Crippen LogP contribution is -2.44. The summed E-state index contributed by atoms with van der Waals surface area (Å²) in [6.07, 6.45) is 2.20. The van der Waals surface area contributed by atoms with Crippen LogP contribution in [0.15, 0.2) is 0 Å². The van der Waals surface area contributed by atoms with Gasteiger partial charge in [0.05, 0.1) is 1.28 Å². The minimum absolute atomic E-state index is 0.579.